The molecule has 3 aliphatic heterocycles. The van der Waals surface area contributed by atoms with E-state index in [1.54, 1.807) is 16.8 Å². The van der Waals surface area contributed by atoms with Crippen molar-refractivity contribution in [2.45, 2.75) is 322 Å². The first-order valence-corrected chi connectivity index (χ1v) is 43.8. The Kier molecular flexibility index (Phi) is 43.7. The number of aliphatic hydroxyl groups excluding tert-OH is 3. The Labute approximate surface area is 721 Å². The summed E-state index contributed by atoms with van der Waals surface area (Å²) in [6.45, 7) is 18.9. The Morgan fingerprint density at radius 3 is 1.16 bits per heavy atom. The summed E-state index contributed by atoms with van der Waals surface area (Å²) in [5, 5.41) is 63.7. The molecule has 0 bridgehead atoms. The van der Waals surface area contributed by atoms with E-state index >= 15 is 0 Å². The summed E-state index contributed by atoms with van der Waals surface area (Å²) >= 11 is 22.5. The minimum Gasteiger partial charge on any atom is -0.396 e. The van der Waals surface area contributed by atoms with Gasteiger partial charge in [0, 0.05) is 146 Å². The first-order chi connectivity index (χ1) is 55.7. The van der Waals surface area contributed by atoms with Crippen LogP contribution in [-0.2, 0) is 35.3 Å². The Bertz CT molecular complexity index is 4260. The average Bonchev–Trinajstić information content (AvgIpc) is 1.58. The zero-order valence-electron chi connectivity index (χ0n) is 68.1. The molecule has 118 heavy (non-hydrogen) atoms. The van der Waals surface area contributed by atoms with Crippen LogP contribution < -0.4 is 59.3 Å². The molecule has 28 nitrogen and oxygen atoms in total. The van der Waals surface area contributed by atoms with Crippen LogP contribution in [0, 0.1) is 0 Å². The summed E-state index contributed by atoms with van der Waals surface area (Å²) in [5.41, 5.74) is 31.2. The van der Waals surface area contributed by atoms with Gasteiger partial charge in [0.2, 0.25) is 11.1 Å². The smallest absolute Gasteiger partial charge is 0.244 e. The second-order valence-corrected chi connectivity index (χ2v) is 32.9. The van der Waals surface area contributed by atoms with Crippen LogP contribution in [0.3, 0.4) is 0 Å². The molecule has 16 N–H and O–H groups in total. The van der Waals surface area contributed by atoms with E-state index in [4.69, 9.17) is 84.4 Å². The molecule has 8 aromatic rings. The van der Waals surface area contributed by atoms with Crippen LogP contribution in [0.1, 0.15) is 252 Å². The van der Waals surface area contributed by atoms with Crippen molar-refractivity contribution in [3.8, 4) is 0 Å². The summed E-state index contributed by atoms with van der Waals surface area (Å²) < 4.78 is 7.31. The first kappa shape index (κ1) is 99.8. The fourth-order valence-electron chi connectivity index (χ4n) is 16.3. The molecular weight excluding hydrogens is 1580 g/mol. The number of aromatic nitrogens is 12. The molecule has 11 heterocycles. The Morgan fingerprint density at radius 1 is 0.458 bits per heavy atom. The SMILES string of the molecule is C.C.C.C=CC(=O)Cl.C=CC(=O)NC1CCC(Nc2cc(N3CCCC[C@H]3CCO)nc3c(CC)cnn23)CC1.CCc1cnn2c(Cl)cc(Cl)nc12.CCc1cnn2c(NC3CCC(N)CC3)cc(Cl)nc12.CCc1cnn2c(NC3CCC(N)CC3)cc(N3CCCC[C@H]3CCO)nc12.NC1CCC(N)CC1.OCC[C@@H]1CCCCN1. The number of piperidine rings is 3. The number of allylic oxidation sites excluding steroid dienone is 1. The number of nitrogens with two attached hydrogens (primary N) is 4. The Balaban J connectivity index is 0.000000228. The summed E-state index contributed by atoms with van der Waals surface area (Å²) in [5.74, 6) is 4.80. The maximum absolute atomic E-state index is 11.6. The third kappa shape index (κ3) is 29.4. The normalized spacial score (nSPS) is 22.9. The first-order valence-electron chi connectivity index (χ1n) is 42.3. The van der Waals surface area contributed by atoms with E-state index in [0.29, 0.717) is 82.5 Å². The van der Waals surface area contributed by atoms with Crippen LogP contribution in [0.25, 0.3) is 22.6 Å². The number of halogens is 4. The molecule has 1 amide bonds. The maximum Gasteiger partial charge on any atom is 0.244 e. The van der Waals surface area contributed by atoms with Gasteiger partial charge < -0.3 is 74.6 Å². The number of aliphatic hydroxyl groups is 3. The van der Waals surface area contributed by atoms with Crippen molar-refractivity contribution in [2.75, 3.05) is 65.2 Å². The quantitative estimate of drug-likeness (QED) is 0.0181. The number of hydrogen-bond acceptors (Lipinski definition) is 23. The highest BCUT2D eigenvalue weighted by molar-refractivity contribution is 6.66. The Hall–Kier alpha value is -7.06. The molecule has 15 rings (SSSR count). The topological polar surface area (TPSA) is 386 Å². The van der Waals surface area contributed by atoms with Crippen molar-refractivity contribution < 1.29 is 24.9 Å². The van der Waals surface area contributed by atoms with E-state index in [1.807, 2.05) is 45.1 Å². The molecule has 7 aliphatic rings. The predicted molar refractivity (Wildman–Crippen MR) is 487 cm³/mol. The molecular formula is C86H141Cl4N23O5. The van der Waals surface area contributed by atoms with Gasteiger partial charge in [-0.05, 0) is 229 Å². The highest BCUT2D eigenvalue weighted by Gasteiger charge is 2.30. The fraction of sp³-hybridized carbons (Fsp3) is 0.651. The van der Waals surface area contributed by atoms with Crippen LogP contribution in [0.5, 0.6) is 0 Å². The van der Waals surface area contributed by atoms with E-state index in [9.17, 15) is 19.8 Å². The van der Waals surface area contributed by atoms with Gasteiger partial charge in [-0.2, -0.15) is 33.9 Å². The molecule has 3 saturated heterocycles. The highest BCUT2D eigenvalue weighted by atomic mass is 35.5. The third-order valence-corrected chi connectivity index (χ3v) is 23.9. The van der Waals surface area contributed by atoms with Crippen LogP contribution >= 0.6 is 46.4 Å². The van der Waals surface area contributed by atoms with Crippen molar-refractivity contribution in [1.82, 2.24) is 69.0 Å². The van der Waals surface area contributed by atoms with Gasteiger partial charge in [0.05, 0.1) is 24.8 Å². The molecule has 32 heteroatoms. The zero-order valence-corrected chi connectivity index (χ0v) is 71.2. The van der Waals surface area contributed by atoms with Gasteiger partial charge >= 0.3 is 0 Å². The van der Waals surface area contributed by atoms with E-state index in [1.165, 1.54) is 50.2 Å². The van der Waals surface area contributed by atoms with Crippen molar-refractivity contribution in [3.63, 3.8) is 0 Å². The van der Waals surface area contributed by atoms with Gasteiger partial charge in [0.15, 0.2) is 22.6 Å². The lowest BCUT2D eigenvalue weighted by Gasteiger charge is -2.37. The van der Waals surface area contributed by atoms with Gasteiger partial charge in [-0.15, -0.1) is 0 Å². The van der Waals surface area contributed by atoms with E-state index < -0.39 is 5.24 Å². The van der Waals surface area contributed by atoms with Crippen LogP contribution in [0.15, 0.2) is 74.4 Å². The number of rotatable bonds is 21. The summed E-state index contributed by atoms with van der Waals surface area (Å²) in [6.07, 6.45) is 43.8. The molecule has 8 aromatic heterocycles. The van der Waals surface area contributed by atoms with Crippen LogP contribution in [0.4, 0.5) is 29.1 Å². The number of nitrogens with zero attached hydrogens (tertiary/aromatic N) is 14. The third-order valence-electron chi connectivity index (χ3n) is 23.1. The van der Waals surface area contributed by atoms with E-state index in [0.717, 1.165) is 261 Å². The average molecular weight is 1720 g/mol. The van der Waals surface area contributed by atoms with Gasteiger partial charge in [-0.25, -0.2) is 24.5 Å². The molecule has 0 aromatic carbocycles. The number of nitrogens with one attached hydrogen (secondary N) is 5. The van der Waals surface area contributed by atoms with Gasteiger partial charge in [0.1, 0.15) is 44.5 Å². The molecule has 4 saturated carbocycles. The largest absolute Gasteiger partial charge is 0.396 e. The van der Waals surface area contributed by atoms with E-state index in [-0.39, 0.29) is 47.4 Å². The molecule has 3 atom stereocenters. The minimum atomic E-state index is -0.509. The van der Waals surface area contributed by atoms with Gasteiger partial charge in [0.25, 0.3) is 0 Å². The Morgan fingerprint density at radius 2 is 0.797 bits per heavy atom. The molecule has 658 valence electrons. The minimum absolute atomic E-state index is 0. The van der Waals surface area contributed by atoms with Crippen molar-refractivity contribution in [2.24, 2.45) is 22.9 Å². The molecule has 0 unspecified atom stereocenters. The van der Waals surface area contributed by atoms with Crippen molar-refractivity contribution >= 4 is 109 Å². The van der Waals surface area contributed by atoms with Gasteiger partial charge in [-0.3, -0.25) is 9.59 Å². The maximum atomic E-state index is 11.6. The summed E-state index contributed by atoms with van der Waals surface area (Å²) in [4.78, 5) is 44.4. The van der Waals surface area contributed by atoms with Crippen LogP contribution in [-0.4, -0.2) is 191 Å². The van der Waals surface area contributed by atoms with Crippen molar-refractivity contribution in [1.29, 1.82) is 0 Å². The molecule has 4 aliphatic carbocycles. The molecule has 0 radical (unpaired) electrons. The number of fused-ring (bicyclic) bond motifs is 4. The standard InChI is InChI=1S/C24H36N6O2.C21H34N6O.C14H20ClN5.C8H7Cl2N3.C7H15NO.C6H14N2.C3H3ClO.3CH4/c1-3-17-16-25-30-22(26-18-8-10-19(11-9-18)27-23(32)4-2)15-21(28-24(17)30)29-13-6-5-7-20(29)12-14-31;1-2-15-14-23-27-20(24-17-8-6-16(22)7-9-17)13-19(25-21(15)27)26-11-4-3-5-18(26)10-12-28;1-2-9-8-17-20-13(7-12(15)19-14(9)20)18-11-5-3-10(16)4-6-11;1-2-5-4-11-13-7(10)3-6(9)12-8(5)13;9-6-4-7-3-1-2-5-8-7;7-5-1-2-6(8)4-3-5;1-2-3(4)5;;;/h4,15-16,18-20,26,31H,2-3,5-14H2,1H3,(H,27,32);13-14,16-18,24,28H,2-12,22H2,1H3;7-8,10-11,18H,2-6,16H2,1H3;3-4H,2H2,1H3;7-9H,1-6H2;5-6H,1-4,7-8H2;2H,1H2;3*1H4/t18?,19?,20-;16?,17?,18-;;;7-;;;;;/m00..0...../s1. The summed E-state index contributed by atoms with van der Waals surface area (Å²) in [6, 6.07) is 12.0. The van der Waals surface area contributed by atoms with Gasteiger partial charge in [-0.1, -0.05) is 104 Å². The van der Waals surface area contributed by atoms with Crippen LogP contribution in [0.2, 0.25) is 15.5 Å². The lowest BCUT2D eigenvalue weighted by molar-refractivity contribution is -0.117. The van der Waals surface area contributed by atoms with E-state index in [2.05, 4.69) is 113 Å². The number of carbonyl (C=O) groups is 2. The second-order valence-electron chi connectivity index (χ2n) is 31.4. The monoisotopic (exact) mass is 1720 g/mol. The lowest BCUT2D eigenvalue weighted by atomic mass is 9.91. The van der Waals surface area contributed by atoms with Crippen molar-refractivity contribution in [3.05, 3.63) is 112 Å². The number of aryl methyl sites for hydroxylation is 4. The number of amides is 1. The second kappa shape index (κ2) is 51.6. The fourth-order valence-corrected chi connectivity index (χ4v) is 16.9. The predicted octanol–water partition coefficient (Wildman–Crippen LogP) is 14.6. The highest BCUT2D eigenvalue weighted by Crippen LogP contribution is 2.34. The number of carbonyl (C=O) groups excluding carboxylic acids is 2. The zero-order chi connectivity index (χ0) is 82.3. The summed E-state index contributed by atoms with van der Waals surface area (Å²) in [7, 11) is 0. The molecule has 7 fully saturated rings. The number of hydrogen-bond donors (Lipinski definition) is 12. The molecule has 0 spiro atoms. The lowest BCUT2D eigenvalue weighted by Crippen LogP contribution is -2.41. The number of anilines is 5.